The first kappa shape index (κ1) is 12.5. The fraction of sp³-hybridized carbons (Fsp3) is 1.00. The zero-order chi connectivity index (χ0) is 10.2. The highest BCUT2D eigenvalue weighted by molar-refractivity contribution is 9.09. The van der Waals surface area contributed by atoms with E-state index in [0.29, 0.717) is 6.10 Å². The summed E-state index contributed by atoms with van der Waals surface area (Å²) in [5, 5.41) is 1.14. The zero-order valence-corrected chi connectivity index (χ0v) is 10.8. The lowest BCUT2D eigenvalue weighted by molar-refractivity contribution is 0.0808. The summed E-state index contributed by atoms with van der Waals surface area (Å²) in [5.41, 5.74) is 0. The molecule has 84 valence electrons. The Morgan fingerprint density at radius 1 is 1.36 bits per heavy atom. The minimum absolute atomic E-state index is 0.510. The Labute approximate surface area is 96.1 Å². The Morgan fingerprint density at radius 3 is 2.86 bits per heavy atom. The average Bonchev–Trinajstić information content (AvgIpc) is 2.65. The average molecular weight is 264 g/mol. The molecule has 1 aliphatic heterocycles. The molecule has 1 heterocycles. The van der Waals surface area contributed by atoms with E-state index in [1.54, 1.807) is 0 Å². The monoisotopic (exact) mass is 263 g/mol. The van der Waals surface area contributed by atoms with Crippen molar-refractivity contribution >= 4 is 15.9 Å². The largest absolute Gasteiger partial charge is 0.377 e. The van der Waals surface area contributed by atoms with Gasteiger partial charge in [0.2, 0.25) is 0 Å². The van der Waals surface area contributed by atoms with Crippen molar-refractivity contribution in [2.75, 3.05) is 32.1 Å². The van der Waals surface area contributed by atoms with Crippen molar-refractivity contribution in [2.45, 2.75) is 38.2 Å². The van der Waals surface area contributed by atoms with E-state index in [1.165, 1.54) is 38.6 Å². The third-order valence-corrected chi connectivity index (χ3v) is 3.27. The lowest BCUT2D eigenvalue weighted by atomic mass is 10.2. The summed E-state index contributed by atoms with van der Waals surface area (Å²) in [5.74, 6) is 0. The molecular formula is C11H22BrNO. The van der Waals surface area contributed by atoms with Gasteiger partial charge in [-0.2, -0.15) is 0 Å². The SMILES string of the molecule is CN(CCCCCBr)CC1CCCO1. The first-order valence-electron chi connectivity index (χ1n) is 5.69. The van der Waals surface area contributed by atoms with E-state index in [4.69, 9.17) is 4.74 Å². The molecule has 0 radical (unpaired) electrons. The molecule has 0 amide bonds. The number of hydrogen-bond acceptors (Lipinski definition) is 2. The van der Waals surface area contributed by atoms with Crippen molar-refractivity contribution < 1.29 is 4.74 Å². The van der Waals surface area contributed by atoms with Crippen LogP contribution in [0.15, 0.2) is 0 Å². The van der Waals surface area contributed by atoms with E-state index >= 15 is 0 Å². The fourth-order valence-electron chi connectivity index (χ4n) is 1.88. The molecule has 0 aliphatic carbocycles. The smallest absolute Gasteiger partial charge is 0.0702 e. The number of rotatable bonds is 7. The van der Waals surface area contributed by atoms with Gasteiger partial charge < -0.3 is 9.64 Å². The Balaban J connectivity index is 1.95. The van der Waals surface area contributed by atoms with Gasteiger partial charge in [0.1, 0.15) is 0 Å². The van der Waals surface area contributed by atoms with Crippen LogP contribution >= 0.6 is 15.9 Å². The van der Waals surface area contributed by atoms with Crippen molar-refractivity contribution in [3.8, 4) is 0 Å². The van der Waals surface area contributed by atoms with Crippen LogP contribution in [0.25, 0.3) is 0 Å². The van der Waals surface area contributed by atoms with Crippen LogP contribution in [-0.2, 0) is 4.74 Å². The minimum Gasteiger partial charge on any atom is -0.377 e. The summed E-state index contributed by atoms with van der Waals surface area (Å²) in [6, 6.07) is 0. The molecule has 1 saturated heterocycles. The number of hydrogen-bond donors (Lipinski definition) is 0. The van der Waals surface area contributed by atoms with Crippen LogP contribution in [0, 0.1) is 0 Å². The zero-order valence-electron chi connectivity index (χ0n) is 9.17. The Bertz CT molecular complexity index is 137. The lowest BCUT2D eigenvalue weighted by Crippen LogP contribution is -2.29. The van der Waals surface area contributed by atoms with E-state index in [9.17, 15) is 0 Å². The van der Waals surface area contributed by atoms with Crippen molar-refractivity contribution in [3.05, 3.63) is 0 Å². The van der Waals surface area contributed by atoms with E-state index in [0.717, 1.165) is 18.5 Å². The molecule has 1 rings (SSSR count). The summed E-state index contributed by atoms with van der Waals surface area (Å²) in [6.45, 7) is 3.31. The van der Waals surface area contributed by atoms with Gasteiger partial charge in [-0.25, -0.2) is 0 Å². The molecule has 0 spiro atoms. The molecule has 0 N–H and O–H groups in total. The molecule has 2 nitrogen and oxygen atoms in total. The topological polar surface area (TPSA) is 12.5 Å². The Hall–Kier alpha value is 0.400. The second-order valence-electron chi connectivity index (χ2n) is 4.15. The second-order valence-corrected chi connectivity index (χ2v) is 4.94. The molecule has 1 aliphatic rings. The van der Waals surface area contributed by atoms with Crippen LogP contribution in [0.4, 0.5) is 0 Å². The molecule has 1 fully saturated rings. The minimum atomic E-state index is 0.510. The maximum absolute atomic E-state index is 5.60. The standard InChI is InChI=1S/C11H22BrNO/c1-13(8-4-2-3-7-12)10-11-6-5-9-14-11/h11H,2-10H2,1H3. The number of alkyl halides is 1. The van der Waals surface area contributed by atoms with E-state index in [-0.39, 0.29) is 0 Å². The van der Waals surface area contributed by atoms with E-state index in [1.807, 2.05) is 0 Å². The molecular weight excluding hydrogens is 242 g/mol. The predicted octanol–water partition coefficient (Wildman–Crippen LogP) is 2.66. The third kappa shape index (κ3) is 5.32. The Kier molecular flexibility index (Phi) is 6.82. The van der Waals surface area contributed by atoms with Crippen LogP contribution in [0.5, 0.6) is 0 Å². The van der Waals surface area contributed by atoms with Gasteiger partial charge in [-0.3, -0.25) is 0 Å². The number of halogens is 1. The molecule has 14 heavy (non-hydrogen) atoms. The van der Waals surface area contributed by atoms with Gasteiger partial charge in [0.15, 0.2) is 0 Å². The first-order valence-corrected chi connectivity index (χ1v) is 6.81. The van der Waals surface area contributed by atoms with E-state index in [2.05, 4.69) is 27.9 Å². The van der Waals surface area contributed by atoms with Gasteiger partial charge in [-0.15, -0.1) is 0 Å². The highest BCUT2D eigenvalue weighted by atomic mass is 79.9. The molecule has 0 aromatic carbocycles. The van der Waals surface area contributed by atoms with Crippen molar-refractivity contribution in [2.24, 2.45) is 0 Å². The molecule has 0 aromatic rings. The van der Waals surface area contributed by atoms with Crippen LogP contribution < -0.4 is 0 Å². The first-order chi connectivity index (χ1) is 6.83. The quantitative estimate of drug-likeness (QED) is 0.518. The van der Waals surface area contributed by atoms with Gasteiger partial charge in [0.05, 0.1) is 6.10 Å². The summed E-state index contributed by atoms with van der Waals surface area (Å²) >= 11 is 3.45. The molecule has 1 atom stereocenters. The van der Waals surface area contributed by atoms with Crippen molar-refractivity contribution in [1.82, 2.24) is 4.90 Å². The third-order valence-electron chi connectivity index (χ3n) is 2.71. The number of ether oxygens (including phenoxy) is 1. The molecule has 0 bridgehead atoms. The van der Waals surface area contributed by atoms with E-state index < -0.39 is 0 Å². The van der Waals surface area contributed by atoms with Gasteiger partial charge in [-0.05, 0) is 39.3 Å². The predicted molar refractivity (Wildman–Crippen MR) is 64.1 cm³/mol. The lowest BCUT2D eigenvalue weighted by Gasteiger charge is -2.20. The normalized spacial score (nSPS) is 22.1. The summed E-state index contributed by atoms with van der Waals surface area (Å²) < 4.78 is 5.60. The highest BCUT2D eigenvalue weighted by Crippen LogP contribution is 2.13. The summed E-state index contributed by atoms with van der Waals surface area (Å²) in [6.07, 6.45) is 6.97. The molecule has 3 heteroatoms. The second kappa shape index (κ2) is 7.66. The van der Waals surface area contributed by atoms with Gasteiger partial charge >= 0.3 is 0 Å². The van der Waals surface area contributed by atoms with Gasteiger partial charge in [0, 0.05) is 18.5 Å². The van der Waals surface area contributed by atoms with Crippen LogP contribution in [0.2, 0.25) is 0 Å². The van der Waals surface area contributed by atoms with Crippen molar-refractivity contribution in [1.29, 1.82) is 0 Å². The van der Waals surface area contributed by atoms with Gasteiger partial charge in [0.25, 0.3) is 0 Å². The van der Waals surface area contributed by atoms with Crippen molar-refractivity contribution in [3.63, 3.8) is 0 Å². The molecule has 0 aromatic heterocycles. The summed E-state index contributed by atoms with van der Waals surface area (Å²) in [4.78, 5) is 2.41. The maximum Gasteiger partial charge on any atom is 0.0702 e. The highest BCUT2D eigenvalue weighted by Gasteiger charge is 2.16. The summed E-state index contributed by atoms with van der Waals surface area (Å²) in [7, 11) is 2.20. The van der Waals surface area contributed by atoms with Crippen LogP contribution in [-0.4, -0.2) is 43.1 Å². The fourth-order valence-corrected chi connectivity index (χ4v) is 2.28. The van der Waals surface area contributed by atoms with Gasteiger partial charge in [-0.1, -0.05) is 22.4 Å². The molecule has 0 saturated carbocycles. The number of unbranched alkanes of at least 4 members (excludes halogenated alkanes) is 2. The number of nitrogens with zero attached hydrogens (tertiary/aromatic N) is 1. The number of likely N-dealkylation sites (N-methyl/N-ethyl adjacent to an activating group) is 1. The van der Waals surface area contributed by atoms with Crippen LogP contribution in [0.3, 0.4) is 0 Å². The maximum atomic E-state index is 5.60. The Morgan fingerprint density at radius 2 is 2.21 bits per heavy atom. The van der Waals surface area contributed by atoms with Crippen LogP contribution in [0.1, 0.15) is 32.1 Å². The molecule has 1 unspecified atom stereocenters.